The number of benzene rings is 1. The zero-order valence-corrected chi connectivity index (χ0v) is 13.9. The van der Waals surface area contributed by atoms with Crippen LogP contribution in [0.15, 0.2) is 24.3 Å². The number of ether oxygens (including phenoxy) is 1. The smallest absolute Gasteiger partial charge is 0.119 e. The van der Waals surface area contributed by atoms with Gasteiger partial charge in [0.15, 0.2) is 0 Å². The lowest BCUT2D eigenvalue weighted by Crippen LogP contribution is -2.35. The minimum Gasteiger partial charge on any atom is -0.491 e. The largest absolute Gasteiger partial charge is 0.491 e. The van der Waals surface area contributed by atoms with E-state index in [1.54, 1.807) is 0 Å². The average molecular weight is 318 g/mol. The van der Waals surface area contributed by atoms with Crippen LogP contribution in [0.1, 0.15) is 33.1 Å². The van der Waals surface area contributed by atoms with E-state index in [0.717, 1.165) is 29.7 Å². The molecule has 0 bridgehead atoms. The molecule has 0 aromatic heterocycles. The fraction of sp³-hybridized carbons (Fsp3) is 0.625. The molecule has 1 fully saturated rings. The molecule has 2 nitrogen and oxygen atoms in total. The zero-order chi connectivity index (χ0) is 13.7. The van der Waals surface area contributed by atoms with Gasteiger partial charge in [-0.25, -0.2) is 0 Å². The van der Waals surface area contributed by atoms with Gasteiger partial charge in [0.05, 0.1) is 6.10 Å². The highest BCUT2D eigenvalue weighted by atomic mass is 35.5. The number of piperidine rings is 1. The van der Waals surface area contributed by atoms with Crippen LogP contribution in [-0.2, 0) is 0 Å². The van der Waals surface area contributed by atoms with Crippen molar-refractivity contribution < 1.29 is 4.74 Å². The van der Waals surface area contributed by atoms with Crippen molar-refractivity contribution in [2.24, 2.45) is 5.92 Å². The van der Waals surface area contributed by atoms with E-state index in [0.29, 0.717) is 0 Å². The van der Waals surface area contributed by atoms with Gasteiger partial charge >= 0.3 is 0 Å². The number of hydrogen-bond acceptors (Lipinski definition) is 2. The van der Waals surface area contributed by atoms with Gasteiger partial charge in [-0.2, -0.15) is 0 Å². The standard InChI is InChI=1S/C16H24ClNO.ClH/c1-13-7-10-18(11-8-13)12-9-14(2)19-16-5-3-15(17)4-6-16;/h3-6,13-14H,7-12H2,1-2H3;1H/t14-;/m1./s1. The molecule has 114 valence electrons. The van der Waals surface area contributed by atoms with Crippen molar-refractivity contribution in [3.63, 3.8) is 0 Å². The molecule has 0 N–H and O–H groups in total. The first-order valence-corrected chi connectivity index (χ1v) is 7.66. The summed E-state index contributed by atoms with van der Waals surface area (Å²) in [6, 6.07) is 7.61. The van der Waals surface area contributed by atoms with E-state index < -0.39 is 0 Å². The molecule has 1 aliphatic rings. The first-order chi connectivity index (χ1) is 9.13. The fourth-order valence-electron chi connectivity index (χ4n) is 2.45. The van der Waals surface area contributed by atoms with Crippen LogP contribution in [0.2, 0.25) is 5.02 Å². The average Bonchev–Trinajstić information content (AvgIpc) is 2.41. The number of halogens is 2. The molecule has 1 atom stereocenters. The SMILES string of the molecule is CC1CCN(CC[C@@H](C)Oc2ccc(Cl)cc2)CC1.Cl. The second kappa shape index (κ2) is 8.76. The van der Waals surface area contributed by atoms with Crippen molar-refractivity contribution in [1.82, 2.24) is 4.90 Å². The molecular weight excluding hydrogens is 293 g/mol. The third-order valence-corrected chi connectivity index (χ3v) is 4.13. The molecular formula is C16H25Cl2NO. The van der Waals surface area contributed by atoms with Crippen LogP contribution in [0.4, 0.5) is 0 Å². The van der Waals surface area contributed by atoms with Crippen molar-refractivity contribution in [2.45, 2.75) is 39.2 Å². The molecule has 2 rings (SSSR count). The van der Waals surface area contributed by atoms with Gasteiger partial charge in [-0.15, -0.1) is 12.4 Å². The maximum atomic E-state index is 5.90. The van der Waals surface area contributed by atoms with Crippen LogP contribution in [0.25, 0.3) is 0 Å². The topological polar surface area (TPSA) is 12.5 Å². The van der Waals surface area contributed by atoms with E-state index in [2.05, 4.69) is 18.7 Å². The lowest BCUT2D eigenvalue weighted by molar-refractivity contribution is 0.149. The van der Waals surface area contributed by atoms with Gasteiger partial charge in [0.2, 0.25) is 0 Å². The normalized spacial score (nSPS) is 18.4. The Morgan fingerprint density at radius 2 is 1.85 bits per heavy atom. The van der Waals surface area contributed by atoms with E-state index in [4.69, 9.17) is 16.3 Å². The molecule has 1 aromatic rings. The lowest BCUT2D eigenvalue weighted by Gasteiger charge is -2.30. The van der Waals surface area contributed by atoms with Crippen molar-refractivity contribution in [3.8, 4) is 5.75 Å². The Morgan fingerprint density at radius 1 is 1.25 bits per heavy atom. The first kappa shape index (κ1) is 17.6. The van der Waals surface area contributed by atoms with Crippen molar-refractivity contribution in [2.75, 3.05) is 19.6 Å². The number of nitrogens with zero attached hydrogens (tertiary/aromatic N) is 1. The summed E-state index contributed by atoms with van der Waals surface area (Å²) < 4.78 is 5.90. The third-order valence-electron chi connectivity index (χ3n) is 3.88. The highest BCUT2D eigenvalue weighted by Gasteiger charge is 2.16. The molecule has 0 saturated carbocycles. The Kier molecular flexibility index (Phi) is 7.71. The van der Waals surface area contributed by atoms with Crippen molar-refractivity contribution in [1.29, 1.82) is 0 Å². The molecule has 0 spiro atoms. The summed E-state index contributed by atoms with van der Waals surface area (Å²) >= 11 is 5.86. The molecule has 1 heterocycles. The van der Waals surface area contributed by atoms with E-state index in [1.807, 2.05) is 24.3 Å². The van der Waals surface area contributed by atoms with E-state index >= 15 is 0 Å². The van der Waals surface area contributed by atoms with E-state index in [9.17, 15) is 0 Å². The van der Waals surface area contributed by atoms with Crippen LogP contribution >= 0.6 is 24.0 Å². The van der Waals surface area contributed by atoms with Crippen LogP contribution in [0.3, 0.4) is 0 Å². The molecule has 0 amide bonds. The van der Waals surface area contributed by atoms with Crippen LogP contribution in [-0.4, -0.2) is 30.6 Å². The van der Waals surface area contributed by atoms with Gasteiger partial charge in [-0.1, -0.05) is 18.5 Å². The van der Waals surface area contributed by atoms with E-state index in [-0.39, 0.29) is 18.5 Å². The summed E-state index contributed by atoms with van der Waals surface area (Å²) in [6.45, 7) is 8.12. The van der Waals surface area contributed by atoms with E-state index in [1.165, 1.54) is 25.9 Å². The summed E-state index contributed by atoms with van der Waals surface area (Å²) in [6.07, 6.45) is 4.01. The Morgan fingerprint density at radius 3 is 2.45 bits per heavy atom. The highest BCUT2D eigenvalue weighted by Crippen LogP contribution is 2.19. The Labute approximate surface area is 133 Å². The maximum Gasteiger partial charge on any atom is 0.119 e. The Bertz CT molecular complexity index is 375. The quantitative estimate of drug-likeness (QED) is 0.783. The van der Waals surface area contributed by atoms with Gasteiger partial charge in [-0.3, -0.25) is 0 Å². The fourth-order valence-corrected chi connectivity index (χ4v) is 2.58. The molecule has 1 aromatic carbocycles. The summed E-state index contributed by atoms with van der Waals surface area (Å²) in [5.41, 5.74) is 0. The lowest BCUT2D eigenvalue weighted by atomic mass is 9.99. The number of hydrogen-bond donors (Lipinski definition) is 0. The summed E-state index contributed by atoms with van der Waals surface area (Å²) in [7, 11) is 0. The summed E-state index contributed by atoms with van der Waals surface area (Å²) in [5.74, 6) is 1.81. The predicted octanol–water partition coefficient (Wildman–Crippen LogP) is 4.65. The van der Waals surface area contributed by atoms with Gasteiger partial charge in [0, 0.05) is 11.6 Å². The predicted molar refractivity (Wildman–Crippen MR) is 88.2 cm³/mol. The molecule has 1 saturated heterocycles. The van der Waals surface area contributed by atoms with Gasteiger partial charge in [-0.05, 0) is 69.5 Å². The minimum absolute atomic E-state index is 0. The van der Waals surface area contributed by atoms with Gasteiger partial charge in [0.1, 0.15) is 5.75 Å². The monoisotopic (exact) mass is 317 g/mol. The number of rotatable bonds is 5. The highest BCUT2D eigenvalue weighted by molar-refractivity contribution is 6.30. The zero-order valence-electron chi connectivity index (χ0n) is 12.3. The first-order valence-electron chi connectivity index (χ1n) is 7.28. The molecule has 0 aliphatic carbocycles. The van der Waals surface area contributed by atoms with Crippen LogP contribution in [0.5, 0.6) is 5.75 Å². The molecule has 20 heavy (non-hydrogen) atoms. The Hall–Kier alpha value is -0.440. The maximum absolute atomic E-state index is 5.90. The molecule has 0 radical (unpaired) electrons. The minimum atomic E-state index is 0. The van der Waals surface area contributed by atoms with Gasteiger partial charge < -0.3 is 9.64 Å². The van der Waals surface area contributed by atoms with Crippen molar-refractivity contribution >= 4 is 24.0 Å². The molecule has 0 unspecified atom stereocenters. The number of likely N-dealkylation sites (tertiary alicyclic amines) is 1. The second-order valence-corrected chi connectivity index (χ2v) is 6.13. The summed E-state index contributed by atoms with van der Waals surface area (Å²) in [5, 5.41) is 0.752. The third kappa shape index (κ3) is 5.90. The van der Waals surface area contributed by atoms with Crippen LogP contribution < -0.4 is 4.74 Å². The molecule has 1 aliphatic heterocycles. The van der Waals surface area contributed by atoms with Crippen molar-refractivity contribution in [3.05, 3.63) is 29.3 Å². The van der Waals surface area contributed by atoms with Crippen LogP contribution in [0, 0.1) is 5.92 Å². The molecule has 4 heteroatoms. The second-order valence-electron chi connectivity index (χ2n) is 5.70. The van der Waals surface area contributed by atoms with Gasteiger partial charge in [0.25, 0.3) is 0 Å². The Balaban J connectivity index is 0.00000200. The summed E-state index contributed by atoms with van der Waals surface area (Å²) in [4.78, 5) is 2.56.